The number of nitrogens with one attached hydrogen (secondary N) is 1. The van der Waals surface area contributed by atoms with Crippen LogP contribution in [0.15, 0.2) is 18.2 Å². The van der Waals surface area contributed by atoms with E-state index in [2.05, 4.69) is 30.5 Å². The first-order valence-electron chi connectivity index (χ1n) is 7.40. The van der Waals surface area contributed by atoms with E-state index < -0.39 is 0 Å². The Morgan fingerprint density at radius 3 is 2.84 bits per heavy atom. The molecule has 0 aromatic heterocycles. The van der Waals surface area contributed by atoms with E-state index >= 15 is 0 Å². The average molecular weight is 279 g/mol. The standard InChI is InChI=1S/C16H23ClN2/c1-10-3-2-4-14(16(10)17)15(19-18)9-13-8-11-5-6-12(13)7-11/h2-4,11-13,15,19H,5-9,18H2,1H3. The maximum Gasteiger partial charge on any atom is 0.0483 e. The first-order valence-corrected chi connectivity index (χ1v) is 7.78. The van der Waals surface area contributed by atoms with Crippen molar-refractivity contribution in [3.05, 3.63) is 34.3 Å². The van der Waals surface area contributed by atoms with Gasteiger partial charge in [0.25, 0.3) is 0 Å². The Kier molecular flexibility index (Phi) is 3.84. The largest absolute Gasteiger partial charge is 0.271 e. The lowest BCUT2D eigenvalue weighted by molar-refractivity contribution is 0.280. The lowest BCUT2D eigenvalue weighted by atomic mass is 9.83. The van der Waals surface area contributed by atoms with Crippen molar-refractivity contribution in [3.63, 3.8) is 0 Å². The number of aryl methyl sites for hydroxylation is 1. The molecule has 0 saturated heterocycles. The van der Waals surface area contributed by atoms with Crippen LogP contribution in [0.5, 0.6) is 0 Å². The molecule has 3 rings (SSSR count). The Labute approximate surface area is 120 Å². The Morgan fingerprint density at radius 2 is 2.21 bits per heavy atom. The van der Waals surface area contributed by atoms with Crippen LogP contribution in [-0.4, -0.2) is 0 Å². The van der Waals surface area contributed by atoms with E-state index in [0.717, 1.165) is 40.3 Å². The minimum atomic E-state index is 0.191. The zero-order valence-electron chi connectivity index (χ0n) is 11.5. The monoisotopic (exact) mass is 278 g/mol. The van der Waals surface area contributed by atoms with E-state index in [4.69, 9.17) is 17.4 Å². The second-order valence-corrected chi connectivity index (χ2v) is 6.75. The van der Waals surface area contributed by atoms with Crippen molar-refractivity contribution >= 4 is 11.6 Å². The summed E-state index contributed by atoms with van der Waals surface area (Å²) in [5.74, 6) is 8.54. The zero-order valence-corrected chi connectivity index (χ0v) is 12.3. The van der Waals surface area contributed by atoms with Crippen molar-refractivity contribution in [2.75, 3.05) is 0 Å². The second-order valence-electron chi connectivity index (χ2n) is 6.37. The van der Waals surface area contributed by atoms with Gasteiger partial charge in [-0.2, -0.15) is 0 Å². The zero-order chi connectivity index (χ0) is 13.4. The summed E-state index contributed by atoms with van der Waals surface area (Å²) in [6.07, 6.45) is 6.85. The van der Waals surface area contributed by atoms with Crippen LogP contribution in [0.25, 0.3) is 0 Å². The molecule has 0 aliphatic heterocycles. The highest BCUT2D eigenvalue weighted by atomic mass is 35.5. The number of hydrogen-bond donors (Lipinski definition) is 2. The molecule has 0 radical (unpaired) electrons. The van der Waals surface area contributed by atoms with E-state index in [-0.39, 0.29) is 6.04 Å². The van der Waals surface area contributed by atoms with Crippen molar-refractivity contribution in [2.45, 2.75) is 45.1 Å². The average Bonchev–Trinajstić information content (AvgIpc) is 3.02. The van der Waals surface area contributed by atoms with Gasteiger partial charge in [-0.3, -0.25) is 11.3 Å². The van der Waals surface area contributed by atoms with Crippen molar-refractivity contribution in [2.24, 2.45) is 23.6 Å². The fraction of sp³-hybridized carbons (Fsp3) is 0.625. The van der Waals surface area contributed by atoms with Crippen LogP contribution in [0.4, 0.5) is 0 Å². The highest BCUT2D eigenvalue weighted by Gasteiger charge is 2.40. The first-order chi connectivity index (χ1) is 9.19. The van der Waals surface area contributed by atoms with Crippen LogP contribution < -0.4 is 11.3 Å². The van der Waals surface area contributed by atoms with Crippen molar-refractivity contribution in [1.29, 1.82) is 0 Å². The smallest absolute Gasteiger partial charge is 0.0483 e. The summed E-state index contributed by atoms with van der Waals surface area (Å²) in [6.45, 7) is 2.05. The van der Waals surface area contributed by atoms with Gasteiger partial charge in [0, 0.05) is 11.1 Å². The highest BCUT2D eigenvalue weighted by Crippen LogP contribution is 2.51. The van der Waals surface area contributed by atoms with Gasteiger partial charge >= 0.3 is 0 Å². The first kappa shape index (κ1) is 13.4. The van der Waals surface area contributed by atoms with Crippen LogP contribution in [0, 0.1) is 24.7 Å². The van der Waals surface area contributed by atoms with Crippen LogP contribution in [0.3, 0.4) is 0 Å². The third kappa shape index (κ3) is 2.54. The summed E-state index contributed by atoms with van der Waals surface area (Å²) in [6, 6.07) is 6.42. The summed E-state index contributed by atoms with van der Waals surface area (Å²) < 4.78 is 0. The van der Waals surface area contributed by atoms with E-state index in [1.165, 1.54) is 25.7 Å². The minimum Gasteiger partial charge on any atom is -0.271 e. The number of nitrogens with two attached hydrogens (primary N) is 1. The van der Waals surface area contributed by atoms with E-state index in [1.54, 1.807) is 0 Å². The molecular formula is C16H23ClN2. The molecule has 1 aromatic carbocycles. The number of fused-ring (bicyclic) bond motifs is 2. The molecule has 2 saturated carbocycles. The minimum absolute atomic E-state index is 0.191. The van der Waals surface area contributed by atoms with Gasteiger partial charge in [-0.05, 0) is 61.5 Å². The van der Waals surface area contributed by atoms with Crippen molar-refractivity contribution < 1.29 is 0 Å². The predicted octanol–water partition coefficient (Wildman–Crippen LogP) is 3.98. The van der Waals surface area contributed by atoms with Crippen LogP contribution >= 0.6 is 11.6 Å². The Balaban J connectivity index is 1.75. The molecule has 4 atom stereocenters. The van der Waals surface area contributed by atoms with Gasteiger partial charge in [0.2, 0.25) is 0 Å². The third-order valence-corrected chi connectivity index (χ3v) is 5.74. The van der Waals surface area contributed by atoms with Crippen molar-refractivity contribution in [1.82, 2.24) is 5.43 Å². The molecule has 2 fully saturated rings. The van der Waals surface area contributed by atoms with Crippen molar-refractivity contribution in [3.8, 4) is 0 Å². The molecule has 3 N–H and O–H groups in total. The summed E-state index contributed by atoms with van der Waals surface area (Å²) in [4.78, 5) is 0. The Morgan fingerprint density at radius 1 is 1.37 bits per heavy atom. The summed E-state index contributed by atoms with van der Waals surface area (Å²) in [5, 5.41) is 0.869. The molecular weight excluding hydrogens is 256 g/mol. The molecule has 0 amide bonds. The topological polar surface area (TPSA) is 38.0 Å². The van der Waals surface area contributed by atoms with E-state index in [1.807, 2.05) is 0 Å². The quantitative estimate of drug-likeness (QED) is 0.646. The number of rotatable bonds is 4. The van der Waals surface area contributed by atoms with Crippen LogP contribution in [0.1, 0.15) is 49.3 Å². The summed E-state index contributed by atoms with van der Waals surface area (Å²) in [7, 11) is 0. The molecule has 3 heteroatoms. The number of benzene rings is 1. The molecule has 2 nitrogen and oxygen atoms in total. The molecule has 2 aliphatic carbocycles. The molecule has 2 aliphatic rings. The van der Waals surface area contributed by atoms with Gasteiger partial charge < -0.3 is 0 Å². The Hall–Kier alpha value is -0.570. The third-order valence-electron chi connectivity index (χ3n) is 5.22. The van der Waals surface area contributed by atoms with Gasteiger partial charge in [-0.25, -0.2) is 0 Å². The molecule has 0 heterocycles. The fourth-order valence-electron chi connectivity index (χ4n) is 4.19. The molecule has 19 heavy (non-hydrogen) atoms. The maximum atomic E-state index is 6.44. The summed E-state index contributed by atoms with van der Waals surface area (Å²) >= 11 is 6.44. The number of hydrazine groups is 1. The maximum absolute atomic E-state index is 6.44. The molecule has 1 aromatic rings. The van der Waals surface area contributed by atoms with Gasteiger partial charge in [0.15, 0.2) is 0 Å². The van der Waals surface area contributed by atoms with Gasteiger partial charge in [0.05, 0.1) is 0 Å². The van der Waals surface area contributed by atoms with Crippen LogP contribution in [0.2, 0.25) is 5.02 Å². The highest BCUT2D eigenvalue weighted by molar-refractivity contribution is 6.32. The molecule has 4 unspecified atom stereocenters. The van der Waals surface area contributed by atoms with Gasteiger partial charge in [-0.1, -0.05) is 36.2 Å². The lowest BCUT2D eigenvalue weighted by Gasteiger charge is -2.27. The number of halogens is 1. The normalized spacial score (nSPS) is 30.8. The lowest BCUT2D eigenvalue weighted by Crippen LogP contribution is -2.31. The van der Waals surface area contributed by atoms with Gasteiger partial charge in [0.1, 0.15) is 0 Å². The Bertz CT molecular complexity index is 460. The van der Waals surface area contributed by atoms with Gasteiger partial charge in [-0.15, -0.1) is 0 Å². The number of hydrogen-bond acceptors (Lipinski definition) is 2. The van der Waals surface area contributed by atoms with E-state index in [0.29, 0.717) is 0 Å². The molecule has 104 valence electrons. The molecule has 2 bridgehead atoms. The van der Waals surface area contributed by atoms with E-state index in [9.17, 15) is 0 Å². The summed E-state index contributed by atoms with van der Waals surface area (Å²) in [5.41, 5.74) is 5.28. The second kappa shape index (κ2) is 5.43. The SMILES string of the molecule is Cc1cccc(C(CC2CC3CCC2C3)NN)c1Cl. The van der Waals surface area contributed by atoms with Crippen LogP contribution in [-0.2, 0) is 0 Å². The fourth-order valence-corrected chi connectivity index (χ4v) is 4.45. The molecule has 0 spiro atoms. The predicted molar refractivity (Wildman–Crippen MR) is 79.8 cm³/mol.